The van der Waals surface area contributed by atoms with Crippen LogP contribution in [0.15, 0.2) is 16.6 Å². The summed E-state index contributed by atoms with van der Waals surface area (Å²) >= 11 is 16.1. The second-order valence-corrected chi connectivity index (χ2v) is 10.2. The molecule has 10 heteroatoms. The van der Waals surface area contributed by atoms with E-state index in [2.05, 4.69) is 21.2 Å². The number of amides is 3. The van der Waals surface area contributed by atoms with Crippen molar-refractivity contribution >= 4 is 68.5 Å². The van der Waals surface area contributed by atoms with Gasteiger partial charge in [0.25, 0.3) is 5.91 Å². The zero-order valence-electron chi connectivity index (χ0n) is 16.9. The average Bonchev–Trinajstić information content (AvgIpc) is 3.33. The fourth-order valence-electron chi connectivity index (χ4n) is 5.00. The van der Waals surface area contributed by atoms with Crippen LogP contribution in [0.3, 0.4) is 0 Å². The molecule has 3 aliphatic rings. The van der Waals surface area contributed by atoms with Crippen LogP contribution in [0.2, 0.25) is 0 Å². The lowest BCUT2D eigenvalue weighted by atomic mass is 9.80. The molecule has 166 valence electrons. The van der Waals surface area contributed by atoms with Crippen molar-refractivity contribution < 1.29 is 23.9 Å². The molecular weight excluding hydrogens is 511 g/mol. The summed E-state index contributed by atoms with van der Waals surface area (Å²) in [4.78, 5) is 50.9. The number of nitrogens with one attached hydrogen (secondary N) is 1. The van der Waals surface area contributed by atoms with E-state index in [4.69, 9.17) is 27.9 Å². The van der Waals surface area contributed by atoms with Crippen LogP contribution in [0, 0.1) is 37.5 Å². The maximum absolute atomic E-state index is 12.8. The number of alkyl halides is 2. The van der Waals surface area contributed by atoms with Gasteiger partial charge >= 0.3 is 5.97 Å². The van der Waals surface area contributed by atoms with E-state index in [0.29, 0.717) is 12.1 Å². The second kappa shape index (κ2) is 8.37. The Bertz CT molecular complexity index is 955. The van der Waals surface area contributed by atoms with Crippen molar-refractivity contribution in [1.82, 2.24) is 4.90 Å². The maximum Gasteiger partial charge on any atom is 0.326 e. The van der Waals surface area contributed by atoms with E-state index in [-0.39, 0.29) is 22.6 Å². The molecule has 1 aromatic carbocycles. The minimum atomic E-state index is -0.822. The van der Waals surface area contributed by atoms with Crippen LogP contribution in [-0.2, 0) is 23.9 Å². The molecule has 1 heterocycles. The van der Waals surface area contributed by atoms with Crippen LogP contribution in [0.25, 0.3) is 0 Å². The number of esters is 1. The van der Waals surface area contributed by atoms with Gasteiger partial charge in [0.2, 0.25) is 11.8 Å². The predicted molar refractivity (Wildman–Crippen MR) is 118 cm³/mol. The third kappa shape index (κ3) is 3.76. The van der Waals surface area contributed by atoms with Gasteiger partial charge in [0, 0.05) is 10.2 Å². The van der Waals surface area contributed by atoms with Gasteiger partial charge in [-0.3, -0.25) is 24.1 Å². The molecule has 2 saturated carbocycles. The standard InChI is InChI=1S/C21H21BrCl2N2O5/c1-8-9(2)13(4-3-12(8)22)25-14(27)7-31-15(28)6-26-20(29)16-10-5-11(17(16)21(26)30)19(24)18(10)23/h3-4,10-11,16-19H,5-7H2,1-2H3,(H,25,27)/t10-,11-,16-,17-,18+,19+/m1/s1. The number of benzene rings is 1. The number of fused-ring (bicyclic) bond motifs is 5. The smallest absolute Gasteiger partial charge is 0.326 e. The SMILES string of the molecule is Cc1c(Br)ccc(NC(=O)COC(=O)CN2C(=O)[C@@H]3[C@H]4C[C@@H]([C@H](Cl)[C@H]4Cl)[C@H]3C2=O)c1C. The Balaban J connectivity index is 1.33. The molecule has 7 nitrogen and oxygen atoms in total. The normalized spacial score (nSPS) is 31.2. The molecule has 31 heavy (non-hydrogen) atoms. The van der Waals surface area contributed by atoms with Crippen LogP contribution >= 0.6 is 39.1 Å². The molecule has 2 aliphatic carbocycles. The predicted octanol–water partition coefficient (Wildman–Crippen LogP) is 3.01. The van der Waals surface area contributed by atoms with Gasteiger partial charge in [-0.25, -0.2) is 0 Å². The summed E-state index contributed by atoms with van der Waals surface area (Å²) in [6.07, 6.45) is 0.655. The number of anilines is 1. The summed E-state index contributed by atoms with van der Waals surface area (Å²) in [6, 6.07) is 3.56. The number of imide groups is 1. The molecule has 0 radical (unpaired) electrons. The highest BCUT2D eigenvalue weighted by Gasteiger charge is 2.66. The first kappa shape index (κ1) is 22.6. The van der Waals surface area contributed by atoms with Crippen molar-refractivity contribution in [2.45, 2.75) is 31.0 Å². The highest BCUT2D eigenvalue weighted by molar-refractivity contribution is 9.10. The quantitative estimate of drug-likeness (QED) is 0.358. The number of carbonyl (C=O) groups is 4. The molecular formula is C21H21BrCl2N2O5. The zero-order chi connectivity index (χ0) is 22.6. The van der Waals surface area contributed by atoms with Crippen LogP contribution in [-0.4, -0.2) is 52.5 Å². The zero-order valence-corrected chi connectivity index (χ0v) is 20.0. The van der Waals surface area contributed by atoms with E-state index in [9.17, 15) is 19.2 Å². The highest BCUT2D eigenvalue weighted by atomic mass is 79.9. The van der Waals surface area contributed by atoms with Gasteiger partial charge in [0.1, 0.15) is 6.54 Å². The lowest BCUT2D eigenvalue weighted by Gasteiger charge is -2.28. The van der Waals surface area contributed by atoms with E-state index < -0.39 is 48.7 Å². The second-order valence-electron chi connectivity index (χ2n) is 8.32. The van der Waals surface area contributed by atoms with Crippen molar-refractivity contribution in [1.29, 1.82) is 0 Å². The Morgan fingerprint density at radius 2 is 1.68 bits per heavy atom. The molecule has 6 atom stereocenters. The molecule has 2 bridgehead atoms. The van der Waals surface area contributed by atoms with Crippen LogP contribution < -0.4 is 5.32 Å². The average molecular weight is 532 g/mol. The lowest BCUT2D eigenvalue weighted by molar-refractivity contribution is -0.154. The van der Waals surface area contributed by atoms with Crippen molar-refractivity contribution in [3.63, 3.8) is 0 Å². The molecule has 1 aliphatic heterocycles. The Morgan fingerprint density at radius 1 is 1.10 bits per heavy atom. The molecule has 0 aromatic heterocycles. The Morgan fingerprint density at radius 3 is 2.26 bits per heavy atom. The number of halogens is 3. The Kier molecular flexibility index (Phi) is 6.09. The number of nitrogens with zero attached hydrogens (tertiary/aromatic N) is 1. The van der Waals surface area contributed by atoms with E-state index >= 15 is 0 Å². The minimum Gasteiger partial charge on any atom is -0.454 e. The fourth-order valence-corrected chi connectivity index (χ4v) is 6.32. The van der Waals surface area contributed by atoms with Gasteiger partial charge in [0.15, 0.2) is 6.61 Å². The third-order valence-corrected chi connectivity index (χ3v) is 8.90. The fraction of sp³-hybridized carbons (Fsp3) is 0.524. The number of likely N-dealkylation sites (tertiary alicyclic amines) is 1. The van der Waals surface area contributed by atoms with Gasteiger partial charge in [-0.05, 0) is 55.4 Å². The number of ether oxygens (including phenoxy) is 1. The van der Waals surface area contributed by atoms with Crippen molar-refractivity contribution in [2.24, 2.45) is 23.7 Å². The minimum absolute atomic E-state index is 0.153. The van der Waals surface area contributed by atoms with E-state index in [1.807, 2.05) is 19.9 Å². The summed E-state index contributed by atoms with van der Waals surface area (Å²) in [6.45, 7) is 2.75. The number of hydrogen-bond donors (Lipinski definition) is 1. The molecule has 0 unspecified atom stereocenters. The first-order valence-corrected chi connectivity index (χ1v) is 11.6. The van der Waals surface area contributed by atoms with Crippen molar-refractivity contribution in [3.8, 4) is 0 Å². The van der Waals surface area contributed by atoms with Crippen LogP contribution in [0.1, 0.15) is 17.5 Å². The summed E-state index contributed by atoms with van der Waals surface area (Å²) in [5.74, 6) is -3.48. The summed E-state index contributed by atoms with van der Waals surface area (Å²) in [7, 11) is 0. The number of hydrogen-bond acceptors (Lipinski definition) is 5. The van der Waals surface area contributed by atoms with Crippen LogP contribution in [0.4, 0.5) is 5.69 Å². The molecule has 1 aromatic rings. The van der Waals surface area contributed by atoms with Gasteiger partial charge in [-0.15, -0.1) is 23.2 Å². The number of rotatable bonds is 5. The lowest BCUT2D eigenvalue weighted by Crippen LogP contribution is -2.38. The number of carbonyl (C=O) groups excluding carboxylic acids is 4. The first-order chi connectivity index (χ1) is 14.6. The van der Waals surface area contributed by atoms with Gasteiger partial charge < -0.3 is 10.1 Å². The molecule has 3 fully saturated rings. The van der Waals surface area contributed by atoms with Crippen molar-refractivity contribution in [2.75, 3.05) is 18.5 Å². The third-order valence-electron chi connectivity index (χ3n) is 6.73. The molecule has 3 amide bonds. The van der Waals surface area contributed by atoms with Gasteiger partial charge in [-0.1, -0.05) is 15.9 Å². The molecule has 4 rings (SSSR count). The van der Waals surface area contributed by atoms with E-state index in [1.54, 1.807) is 6.07 Å². The van der Waals surface area contributed by atoms with E-state index in [1.165, 1.54) is 0 Å². The molecule has 1 saturated heterocycles. The molecule has 0 spiro atoms. The summed E-state index contributed by atoms with van der Waals surface area (Å²) in [5, 5.41) is 1.98. The summed E-state index contributed by atoms with van der Waals surface area (Å²) in [5.41, 5.74) is 2.48. The van der Waals surface area contributed by atoms with Crippen LogP contribution in [0.5, 0.6) is 0 Å². The monoisotopic (exact) mass is 530 g/mol. The topological polar surface area (TPSA) is 92.8 Å². The largest absolute Gasteiger partial charge is 0.454 e. The summed E-state index contributed by atoms with van der Waals surface area (Å²) < 4.78 is 5.93. The van der Waals surface area contributed by atoms with E-state index in [0.717, 1.165) is 20.5 Å². The maximum atomic E-state index is 12.8. The Labute approximate surface area is 197 Å². The Hall–Kier alpha value is -1.64. The van der Waals surface area contributed by atoms with Gasteiger partial charge in [0.05, 0.1) is 22.6 Å². The first-order valence-electron chi connectivity index (χ1n) is 9.96. The highest BCUT2D eigenvalue weighted by Crippen LogP contribution is 2.59. The van der Waals surface area contributed by atoms with Gasteiger partial charge in [-0.2, -0.15) is 0 Å². The van der Waals surface area contributed by atoms with Crippen molar-refractivity contribution in [3.05, 3.63) is 27.7 Å². The molecule has 1 N–H and O–H groups in total.